The van der Waals surface area contributed by atoms with Crippen LogP contribution in [0.15, 0.2) is 12.1 Å². The van der Waals surface area contributed by atoms with E-state index in [1.807, 2.05) is 6.07 Å². The van der Waals surface area contributed by atoms with Gasteiger partial charge < -0.3 is 14.2 Å². The van der Waals surface area contributed by atoms with Gasteiger partial charge in [-0.2, -0.15) is 0 Å². The lowest BCUT2D eigenvalue weighted by molar-refractivity contribution is 0.102. The molecule has 1 aliphatic heterocycles. The Hall–Kier alpha value is -0.740. The van der Waals surface area contributed by atoms with Crippen LogP contribution >= 0.6 is 15.9 Å². The van der Waals surface area contributed by atoms with Crippen molar-refractivity contribution in [1.29, 1.82) is 0 Å². The van der Waals surface area contributed by atoms with Crippen LogP contribution in [-0.2, 0) is 4.74 Å². The quantitative estimate of drug-likeness (QED) is 0.716. The molecular weight excluding hydrogens is 320 g/mol. The van der Waals surface area contributed by atoms with Gasteiger partial charge in [-0.1, -0.05) is 15.9 Å². The molecule has 0 aromatic heterocycles. The predicted molar refractivity (Wildman–Crippen MR) is 84.2 cm³/mol. The number of halogens is 1. The van der Waals surface area contributed by atoms with Crippen LogP contribution in [-0.4, -0.2) is 26.9 Å². The molecule has 0 spiro atoms. The smallest absolute Gasteiger partial charge is 0.161 e. The van der Waals surface area contributed by atoms with Crippen LogP contribution in [0.25, 0.3) is 0 Å². The van der Waals surface area contributed by atoms with Crippen molar-refractivity contribution in [2.24, 2.45) is 0 Å². The first-order valence-electron chi connectivity index (χ1n) is 7.14. The van der Waals surface area contributed by atoms with Crippen molar-refractivity contribution >= 4 is 15.9 Å². The highest BCUT2D eigenvalue weighted by Crippen LogP contribution is 2.38. The molecule has 1 heterocycles. The summed E-state index contributed by atoms with van der Waals surface area (Å²) in [5, 5.41) is 0. The van der Waals surface area contributed by atoms with Crippen molar-refractivity contribution in [2.45, 2.75) is 43.5 Å². The molecule has 0 saturated carbocycles. The average Bonchev–Trinajstić information content (AvgIpc) is 2.97. The number of methoxy groups -OCH3 is 2. The second kappa shape index (κ2) is 7.32. The van der Waals surface area contributed by atoms with Gasteiger partial charge in [0.15, 0.2) is 11.5 Å². The molecule has 20 heavy (non-hydrogen) atoms. The van der Waals surface area contributed by atoms with E-state index in [0.717, 1.165) is 30.9 Å². The normalized spacial score (nSPS) is 19.9. The minimum atomic E-state index is 0.325. The van der Waals surface area contributed by atoms with Crippen LogP contribution < -0.4 is 9.47 Å². The van der Waals surface area contributed by atoms with E-state index in [4.69, 9.17) is 14.2 Å². The summed E-state index contributed by atoms with van der Waals surface area (Å²) in [7, 11) is 3.34. The molecular formula is C16H23BrO3. The summed E-state index contributed by atoms with van der Waals surface area (Å²) in [6.07, 6.45) is 5.01. The zero-order valence-electron chi connectivity index (χ0n) is 12.4. The molecule has 0 aliphatic carbocycles. The van der Waals surface area contributed by atoms with Crippen LogP contribution in [0, 0.1) is 6.92 Å². The summed E-state index contributed by atoms with van der Waals surface area (Å²) in [4.78, 5) is 0.325. The number of alkyl halides is 1. The van der Waals surface area contributed by atoms with Gasteiger partial charge in [-0.05, 0) is 55.9 Å². The fourth-order valence-corrected chi connectivity index (χ4v) is 3.45. The molecule has 1 aromatic carbocycles. The Morgan fingerprint density at radius 1 is 1.30 bits per heavy atom. The molecule has 3 nitrogen and oxygen atoms in total. The SMILES string of the molecule is COc1cc(C)c(C(Br)CCC2CCCO2)cc1OC. The molecule has 1 aliphatic rings. The van der Waals surface area contributed by atoms with E-state index in [2.05, 4.69) is 28.9 Å². The molecule has 112 valence electrons. The average molecular weight is 343 g/mol. The third kappa shape index (κ3) is 3.67. The van der Waals surface area contributed by atoms with Gasteiger partial charge in [-0.15, -0.1) is 0 Å². The second-order valence-electron chi connectivity index (χ2n) is 5.24. The van der Waals surface area contributed by atoms with Gasteiger partial charge in [-0.25, -0.2) is 0 Å². The van der Waals surface area contributed by atoms with Crippen molar-refractivity contribution in [1.82, 2.24) is 0 Å². The summed E-state index contributed by atoms with van der Waals surface area (Å²) >= 11 is 3.80. The highest BCUT2D eigenvalue weighted by molar-refractivity contribution is 9.09. The summed E-state index contributed by atoms with van der Waals surface area (Å²) in [5.74, 6) is 1.57. The van der Waals surface area contributed by atoms with Gasteiger partial charge in [-0.3, -0.25) is 0 Å². The van der Waals surface area contributed by atoms with Crippen LogP contribution in [0.1, 0.15) is 41.6 Å². The molecule has 1 saturated heterocycles. The maximum Gasteiger partial charge on any atom is 0.161 e. The molecule has 2 rings (SSSR count). The van der Waals surface area contributed by atoms with Gasteiger partial charge in [0.2, 0.25) is 0 Å². The van der Waals surface area contributed by atoms with Gasteiger partial charge in [0.1, 0.15) is 0 Å². The molecule has 1 fully saturated rings. The zero-order chi connectivity index (χ0) is 14.5. The zero-order valence-corrected chi connectivity index (χ0v) is 14.0. The minimum absolute atomic E-state index is 0.325. The summed E-state index contributed by atoms with van der Waals surface area (Å²) in [5.41, 5.74) is 2.48. The Bertz CT molecular complexity index is 442. The number of rotatable bonds is 6. The fourth-order valence-electron chi connectivity index (χ4n) is 2.69. The first kappa shape index (κ1) is 15.6. The number of aryl methyl sites for hydroxylation is 1. The van der Waals surface area contributed by atoms with Crippen molar-refractivity contribution < 1.29 is 14.2 Å². The second-order valence-corrected chi connectivity index (χ2v) is 6.35. The van der Waals surface area contributed by atoms with E-state index < -0.39 is 0 Å². The Morgan fingerprint density at radius 3 is 2.60 bits per heavy atom. The predicted octanol–water partition coefficient (Wildman–Crippen LogP) is 4.41. The topological polar surface area (TPSA) is 27.7 Å². The van der Waals surface area contributed by atoms with Crippen molar-refractivity contribution in [2.75, 3.05) is 20.8 Å². The number of hydrogen-bond donors (Lipinski definition) is 0. The molecule has 0 bridgehead atoms. The van der Waals surface area contributed by atoms with Gasteiger partial charge in [0, 0.05) is 11.4 Å². The Kier molecular flexibility index (Phi) is 5.73. The Morgan fingerprint density at radius 2 is 2.00 bits per heavy atom. The van der Waals surface area contributed by atoms with Gasteiger partial charge >= 0.3 is 0 Å². The number of hydrogen-bond acceptors (Lipinski definition) is 3. The third-order valence-electron chi connectivity index (χ3n) is 3.88. The fraction of sp³-hybridized carbons (Fsp3) is 0.625. The maximum atomic E-state index is 5.69. The Labute approximate surface area is 129 Å². The minimum Gasteiger partial charge on any atom is -0.493 e. The maximum absolute atomic E-state index is 5.69. The molecule has 0 radical (unpaired) electrons. The van der Waals surface area contributed by atoms with Crippen LogP contribution in [0.3, 0.4) is 0 Å². The van der Waals surface area contributed by atoms with E-state index in [0.29, 0.717) is 10.9 Å². The first-order chi connectivity index (χ1) is 9.65. The Balaban J connectivity index is 2.06. The van der Waals surface area contributed by atoms with E-state index in [1.165, 1.54) is 24.0 Å². The molecule has 4 heteroatoms. The van der Waals surface area contributed by atoms with Crippen molar-refractivity contribution in [3.63, 3.8) is 0 Å². The molecule has 2 atom stereocenters. The lowest BCUT2D eigenvalue weighted by Gasteiger charge is -2.18. The largest absolute Gasteiger partial charge is 0.493 e. The summed E-state index contributed by atoms with van der Waals surface area (Å²) < 4.78 is 16.4. The van der Waals surface area contributed by atoms with Crippen LogP contribution in [0.2, 0.25) is 0 Å². The highest BCUT2D eigenvalue weighted by atomic mass is 79.9. The van der Waals surface area contributed by atoms with Crippen LogP contribution in [0.5, 0.6) is 11.5 Å². The molecule has 1 aromatic rings. The standard InChI is InChI=1S/C16H23BrO3/c1-11-9-15(18-2)16(19-3)10-13(11)14(17)7-6-12-5-4-8-20-12/h9-10,12,14H,4-8H2,1-3H3. The third-order valence-corrected chi connectivity index (χ3v) is 4.83. The monoisotopic (exact) mass is 342 g/mol. The molecule has 0 amide bonds. The first-order valence-corrected chi connectivity index (χ1v) is 8.05. The number of benzene rings is 1. The molecule has 0 N–H and O–H groups in total. The molecule has 2 unspecified atom stereocenters. The van der Waals surface area contributed by atoms with Crippen molar-refractivity contribution in [3.8, 4) is 11.5 Å². The van der Waals surface area contributed by atoms with Gasteiger partial charge in [0.05, 0.1) is 20.3 Å². The van der Waals surface area contributed by atoms with Crippen molar-refractivity contribution in [3.05, 3.63) is 23.3 Å². The van der Waals surface area contributed by atoms with E-state index in [9.17, 15) is 0 Å². The van der Waals surface area contributed by atoms with E-state index in [1.54, 1.807) is 14.2 Å². The van der Waals surface area contributed by atoms with Gasteiger partial charge in [0.25, 0.3) is 0 Å². The van der Waals surface area contributed by atoms with Crippen LogP contribution in [0.4, 0.5) is 0 Å². The lowest BCUT2D eigenvalue weighted by Crippen LogP contribution is -2.06. The highest BCUT2D eigenvalue weighted by Gasteiger charge is 2.19. The lowest BCUT2D eigenvalue weighted by atomic mass is 10.00. The van der Waals surface area contributed by atoms with E-state index >= 15 is 0 Å². The summed E-state index contributed by atoms with van der Waals surface area (Å²) in [6, 6.07) is 4.11. The van der Waals surface area contributed by atoms with E-state index in [-0.39, 0.29) is 0 Å². The summed E-state index contributed by atoms with van der Waals surface area (Å²) in [6.45, 7) is 3.03. The number of ether oxygens (including phenoxy) is 3.